The second-order valence-corrected chi connectivity index (χ2v) is 5.51. The van der Waals surface area contributed by atoms with E-state index in [1.54, 1.807) is 0 Å². The summed E-state index contributed by atoms with van der Waals surface area (Å²) < 4.78 is 5.83. The summed E-state index contributed by atoms with van der Waals surface area (Å²) in [7, 11) is 0. The van der Waals surface area contributed by atoms with Crippen LogP contribution in [0.4, 0.5) is 0 Å². The van der Waals surface area contributed by atoms with E-state index in [0.29, 0.717) is 13.0 Å². The molecule has 1 aliphatic carbocycles. The molecule has 0 aliphatic heterocycles. The molecule has 100 valence electrons. The maximum Gasteiger partial charge on any atom is 0.119 e. The van der Waals surface area contributed by atoms with Crippen molar-refractivity contribution in [1.29, 1.82) is 5.26 Å². The summed E-state index contributed by atoms with van der Waals surface area (Å²) in [4.78, 5) is 0. The predicted molar refractivity (Wildman–Crippen MR) is 79.3 cm³/mol. The van der Waals surface area contributed by atoms with Gasteiger partial charge in [-0.15, -0.1) is 0 Å². The lowest BCUT2D eigenvalue weighted by molar-refractivity contribution is 0.237. The lowest BCUT2D eigenvalue weighted by Crippen LogP contribution is -2.12. The highest BCUT2D eigenvalue weighted by atomic mass is 16.5. The van der Waals surface area contributed by atoms with Crippen molar-refractivity contribution in [1.82, 2.24) is 0 Å². The van der Waals surface area contributed by atoms with Gasteiger partial charge in [0.1, 0.15) is 5.75 Å². The molecule has 3 rings (SSSR count). The molecule has 1 aliphatic rings. The minimum Gasteiger partial charge on any atom is -0.493 e. The summed E-state index contributed by atoms with van der Waals surface area (Å²) in [6.07, 6.45) is 2.83. The van der Waals surface area contributed by atoms with E-state index in [1.807, 2.05) is 30.3 Å². The van der Waals surface area contributed by atoms with Crippen LogP contribution in [0.5, 0.6) is 5.75 Å². The molecule has 1 saturated carbocycles. The highest BCUT2D eigenvalue weighted by molar-refractivity contribution is 5.63. The molecule has 2 nitrogen and oxygen atoms in total. The van der Waals surface area contributed by atoms with Gasteiger partial charge in [-0.25, -0.2) is 0 Å². The van der Waals surface area contributed by atoms with Crippen LogP contribution < -0.4 is 4.74 Å². The first-order valence-corrected chi connectivity index (χ1v) is 6.97. The molecule has 0 radical (unpaired) electrons. The fourth-order valence-electron chi connectivity index (χ4n) is 2.33. The monoisotopic (exact) mass is 263 g/mol. The van der Waals surface area contributed by atoms with Crippen molar-refractivity contribution >= 4 is 0 Å². The Hall–Kier alpha value is -2.27. The first-order valence-electron chi connectivity index (χ1n) is 6.97. The third-order valence-electron chi connectivity index (χ3n) is 3.92. The molecule has 2 heteroatoms. The van der Waals surface area contributed by atoms with Crippen LogP contribution >= 0.6 is 0 Å². The molecule has 1 fully saturated rings. The lowest BCUT2D eigenvalue weighted by atomic mass is 10.1. The van der Waals surface area contributed by atoms with Gasteiger partial charge in [-0.05, 0) is 36.1 Å². The van der Waals surface area contributed by atoms with Crippen molar-refractivity contribution in [2.24, 2.45) is 5.41 Å². The van der Waals surface area contributed by atoms with Crippen molar-refractivity contribution in [3.8, 4) is 22.9 Å². The Bertz CT molecular complexity index is 606. The summed E-state index contributed by atoms with van der Waals surface area (Å²) >= 11 is 0. The molecule has 20 heavy (non-hydrogen) atoms. The van der Waals surface area contributed by atoms with E-state index in [-0.39, 0.29) is 5.41 Å². The number of rotatable bonds is 5. The smallest absolute Gasteiger partial charge is 0.119 e. The predicted octanol–water partition coefficient (Wildman–Crippen LogP) is 4.43. The topological polar surface area (TPSA) is 33.0 Å². The fraction of sp³-hybridized carbons (Fsp3) is 0.278. The number of benzene rings is 2. The van der Waals surface area contributed by atoms with Crippen molar-refractivity contribution < 1.29 is 4.74 Å². The van der Waals surface area contributed by atoms with Gasteiger partial charge in [-0.3, -0.25) is 0 Å². The average molecular weight is 263 g/mol. The lowest BCUT2D eigenvalue weighted by Gasteiger charge is -2.13. The molecule has 0 saturated heterocycles. The Morgan fingerprint density at radius 1 is 0.950 bits per heavy atom. The van der Waals surface area contributed by atoms with Crippen molar-refractivity contribution in [3.63, 3.8) is 0 Å². The molecule has 0 heterocycles. The van der Waals surface area contributed by atoms with Crippen LogP contribution in [0.3, 0.4) is 0 Å². The van der Waals surface area contributed by atoms with Gasteiger partial charge in [0.05, 0.1) is 12.7 Å². The molecule has 0 spiro atoms. The minimum absolute atomic E-state index is 0.132. The van der Waals surface area contributed by atoms with Crippen LogP contribution in [0.1, 0.15) is 19.3 Å². The standard InChI is InChI=1S/C18H17NO/c19-13-12-18(10-11-18)14-20-17-8-6-16(7-9-17)15-4-2-1-3-5-15/h1-9H,10-12,14H2. The van der Waals surface area contributed by atoms with Crippen LogP contribution in [0, 0.1) is 16.7 Å². The Morgan fingerprint density at radius 3 is 2.20 bits per heavy atom. The second-order valence-electron chi connectivity index (χ2n) is 5.51. The third-order valence-corrected chi connectivity index (χ3v) is 3.92. The number of hydrogen-bond acceptors (Lipinski definition) is 2. The second kappa shape index (κ2) is 5.38. The summed E-state index contributed by atoms with van der Waals surface area (Å²) in [6, 6.07) is 20.7. The zero-order chi connectivity index (χ0) is 13.8. The molecule has 2 aromatic rings. The van der Waals surface area contributed by atoms with E-state index in [4.69, 9.17) is 10.00 Å². The molecule has 0 bridgehead atoms. The van der Waals surface area contributed by atoms with Gasteiger partial charge in [0, 0.05) is 11.8 Å². The zero-order valence-electron chi connectivity index (χ0n) is 11.4. The van der Waals surface area contributed by atoms with E-state index in [2.05, 4.69) is 30.3 Å². The highest BCUT2D eigenvalue weighted by Gasteiger charge is 2.43. The first-order chi connectivity index (χ1) is 9.81. The Morgan fingerprint density at radius 2 is 1.60 bits per heavy atom. The summed E-state index contributed by atoms with van der Waals surface area (Å²) in [5.41, 5.74) is 2.53. The number of nitrogens with zero attached hydrogens (tertiary/aromatic N) is 1. The number of ether oxygens (including phenoxy) is 1. The largest absolute Gasteiger partial charge is 0.493 e. The van der Waals surface area contributed by atoms with E-state index in [9.17, 15) is 0 Å². The Kier molecular flexibility index (Phi) is 3.43. The summed E-state index contributed by atoms with van der Waals surface area (Å²) in [6.45, 7) is 0.658. The van der Waals surface area contributed by atoms with Gasteiger partial charge in [-0.1, -0.05) is 42.5 Å². The molecule has 0 atom stereocenters. The first kappa shape index (κ1) is 12.7. The molecule has 0 aromatic heterocycles. The Labute approximate surface area is 119 Å². The SMILES string of the molecule is N#CCC1(COc2ccc(-c3ccccc3)cc2)CC1. The van der Waals surface area contributed by atoms with E-state index < -0.39 is 0 Å². The minimum atomic E-state index is 0.132. The van der Waals surface area contributed by atoms with Crippen LogP contribution in [0.15, 0.2) is 54.6 Å². The quantitative estimate of drug-likeness (QED) is 0.799. The van der Waals surface area contributed by atoms with E-state index in [1.165, 1.54) is 11.1 Å². The van der Waals surface area contributed by atoms with Crippen LogP contribution in [0.25, 0.3) is 11.1 Å². The molecular weight excluding hydrogens is 246 g/mol. The number of nitriles is 1. The molecule has 0 unspecified atom stereocenters. The summed E-state index contributed by atoms with van der Waals surface area (Å²) in [5, 5.41) is 8.80. The maximum absolute atomic E-state index is 8.80. The zero-order valence-corrected chi connectivity index (χ0v) is 11.4. The normalized spacial score (nSPS) is 15.3. The van der Waals surface area contributed by atoms with E-state index in [0.717, 1.165) is 18.6 Å². The van der Waals surface area contributed by atoms with Crippen LogP contribution in [-0.2, 0) is 0 Å². The molecular formula is C18H17NO. The van der Waals surface area contributed by atoms with Gasteiger partial charge in [0.15, 0.2) is 0 Å². The van der Waals surface area contributed by atoms with E-state index >= 15 is 0 Å². The summed E-state index contributed by atoms with van der Waals surface area (Å²) in [5.74, 6) is 0.883. The molecule has 0 N–H and O–H groups in total. The van der Waals surface area contributed by atoms with Gasteiger partial charge >= 0.3 is 0 Å². The average Bonchev–Trinajstić information content (AvgIpc) is 3.27. The van der Waals surface area contributed by atoms with Gasteiger partial charge in [0.25, 0.3) is 0 Å². The van der Waals surface area contributed by atoms with Crippen molar-refractivity contribution in [2.75, 3.05) is 6.61 Å². The van der Waals surface area contributed by atoms with Gasteiger partial charge < -0.3 is 4.74 Å². The molecule has 0 amide bonds. The van der Waals surface area contributed by atoms with Crippen molar-refractivity contribution in [2.45, 2.75) is 19.3 Å². The fourth-order valence-corrected chi connectivity index (χ4v) is 2.33. The maximum atomic E-state index is 8.80. The Balaban J connectivity index is 1.64. The van der Waals surface area contributed by atoms with Crippen molar-refractivity contribution in [3.05, 3.63) is 54.6 Å². The van der Waals surface area contributed by atoms with Gasteiger partial charge in [-0.2, -0.15) is 5.26 Å². The number of hydrogen-bond donors (Lipinski definition) is 0. The van der Waals surface area contributed by atoms with Crippen LogP contribution in [0.2, 0.25) is 0 Å². The highest BCUT2D eigenvalue weighted by Crippen LogP contribution is 2.48. The van der Waals surface area contributed by atoms with Crippen LogP contribution in [-0.4, -0.2) is 6.61 Å². The van der Waals surface area contributed by atoms with Gasteiger partial charge in [0.2, 0.25) is 0 Å². The third kappa shape index (κ3) is 2.83. The molecule has 2 aromatic carbocycles.